The number of rotatable bonds is 2. The monoisotopic (exact) mass is 325 g/mol. The first kappa shape index (κ1) is 16.3. The van der Waals surface area contributed by atoms with Crippen LogP contribution in [0.4, 0.5) is 5.69 Å². The number of nitrogens with two attached hydrogens (primary N) is 1. The Morgan fingerprint density at radius 3 is 2.79 bits per heavy atom. The minimum absolute atomic E-state index is 0. The van der Waals surface area contributed by atoms with Crippen molar-refractivity contribution in [2.75, 3.05) is 5.32 Å². The zero-order chi connectivity index (χ0) is 13.4. The van der Waals surface area contributed by atoms with Crippen LogP contribution in [0.5, 0.6) is 0 Å². The lowest BCUT2D eigenvalue weighted by molar-refractivity contribution is -0.143. The molecule has 8 heteroatoms. The number of nitrogens with zero attached hydrogens (tertiary/aromatic N) is 1. The van der Waals surface area contributed by atoms with Gasteiger partial charge in [0.15, 0.2) is 0 Å². The van der Waals surface area contributed by atoms with Crippen LogP contribution >= 0.6 is 35.6 Å². The highest BCUT2D eigenvalue weighted by molar-refractivity contribution is 6.42. The van der Waals surface area contributed by atoms with Crippen LogP contribution < -0.4 is 11.1 Å². The third-order valence-electron chi connectivity index (χ3n) is 3.05. The molecule has 0 bridgehead atoms. The van der Waals surface area contributed by atoms with Crippen LogP contribution in [0, 0.1) is 0 Å². The number of benzene rings is 1. The predicted molar refractivity (Wildman–Crippen MR) is 77.9 cm³/mol. The lowest BCUT2D eigenvalue weighted by Gasteiger charge is -2.38. The van der Waals surface area contributed by atoms with Crippen LogP contribution in [0.2, 0.25) is 10.0 Å². The molecule has 1 aromatic carbocycles. The average molecular weight is 327 g/mol. The molecule has 1 heterocycles. The summed E-state index contributed by atoms with van der Waals surface area (Å²) in [7, 11) is 0. The Morgan fingerprint density at radius 1 is 1.58 bits per heavy atom. The summed E-state index contributed by atoms with van der Waals surface area (Å²) in [6, 6.07) is 2.75. The van der Waals surface area contributed by atoms with Crippen LogP contribution in [-0.2, 0) is 11.3 Å². The first-order chi connectivity index (χ1) is 8.41. The summed E-state index contributed by atoms with van der Waals surface area (Å²) < 4.78 is 0. The van der Waals surface area contributed by atoms with E-state index in [1.54, 1.807) is 24.0 Å². The summed E-state index contributed by atoms with van der Waals surface area (Å²) >= 11 is 12.1. The van der Waals surface area contributed by atoms with E-state index in [1.807, 2.05) is 0 Å². The van der Waals surface area contributed by atoms with Crippen LogP contribution in [-0.4, -0.2) is 28.3 Å². The van der Waals surface area contributed by atoms with Crippen molar-refractivity contribution < 1.29 is 9.90 Å². The van der Waals surface area contributed by atoms with E-state index in [0.29, 0.717) is 16.6 Å². The summed E-state index contributed by atoms with van der Waals surface area (Å²) in [5, 5.41) is 12.9. The van der Waals surface area contributed by atoms with E-state index in [1.165, 1.54) is 0 Å². The molecule has 0 radical (unpaired) electrons. The summed E-state index contributed by atoms with van der Waals surface area (Å²) in [5.74, 6) is -0.936. The van der Waals surface area contributed by atoms with Crippen LogP contribution in [0.25, 0.3) is 0 Å². The summed E-state index contributed by atoms with van der Waals surface area (Å²) in [4.78, 5) is 12.6. The smallest absolute Gasteiger partial charge is 0.320 e. The lowest BCUT2D eigenvalue weighted by atomic mass is 10.1. The minimum Gasteiger partial charge on any atom is -0.480 e. The Bertz CT molecular complexity index is 498. The van der Waals surface area contributed by atoms with Gasteiger partial charge in [-0.2, -0.15) is 0 Å². The van der Waals surface area contributed by atoms with Crippen molar-refractivity contribution >= 4 is 47.3 Å². The molecule has 0 saturated carbocycles. The quantitative estimate of drug-likeness (QED) is 0.777. The molecule has 106 valence electrons. The van der Waals surface area contributed by atoms with Crippen LogP contribution in [0.1, 0.15) is 12.5 Å². The van der Waals surface area contributed by atoms with Gasteiger partial charge in [0.25, 0.3) is 0 Å². The second-order valence-corrected chi connectivity index (χ2v) is 4.95. The average Bonchev–Trinajstić information content (AvgIpc) is 2.32. The van der Waals surface area contributed by atoms with Gasteiger partial charge in [-0.1, -0.05) is 23.2 Å². The number of hydrogen-bond donors (Lipinski definition) is 3. The van der Waals surface area contributed by atoms with Gasteiger partial charge in [0, 0.05) is 17.8 Å². The highest BCUT2D eigenvalue weighted by atomic mass is 35.5. The Kier molecular flexibility index (Phi) is 5.29. The van der Waals surface area contributed by atoms with Gasteiger partial charge in [-0.25, -0.2) is 0 Å². The molecule has 1 aliphatic heterocycles. The first-order valence-corrected chi connectivity index (χ1v) is 6.15. The van der Waals surface area contributed by atoms with Gasteiger partial charge in [0.1, 0.15) is 12.3 Å². The molecule has 0 aromatic heterocycles. The number of carboxylic acid groups (broad SMARTS) is 1. The Hall–Kier alpha value is -0.720. The second-order valence-electron chi connectivity index (χ2n) is 4.16. The maximum Gasteiger partial charge on any atom is 0.320 e. The highest BCUT2D eigenvalue weighted by Crippen LogP contribution is 2.35. The third-order valence-corrected chi connectivity index (χ3v) is 3.90. The lowest BCUT2D eigenvalue weighted by Crippen LogP contribution is -2.55. The number of carbonyl (C=O) groups is 1. The van der Waals surface area contributed by atoms with Gasteiger partial charge in [-0.15, -0.1) is 12.4 Å². The van der Waals surface area contributed by atoms with Gasteiger partial charge < -0.3 is 10.4 Å². The molecule has 4 N–H and O–H groups in total. The van der Waals surface area contributed by atoms with E-state index < -0.39 is 18.3 Å². The van der Waals surface area contributed by atoms with E-state index in [4.69, 9.17) is 34.0 Å². The molecule has 2 atom stereocenters. The fourth-order valence-electron chi connectivity index (χ4n) is 1.93. The minimum atomic E-state index is -0.936. The summed E-state index contributed by atoms with van der Waals surface area (Å²) in [6.45, 7) is 1.92. The molecular formula is C11H14Cl3N3O2. The van der Waals surface area contributed by atoms with Gasteiger partial charge in [-0.05, 0) is 19.1 Å². The molecule has 0 spiro atoms. The zero-order valence-corrected chi connectivity index (χ0v) is 12.4. The van der Waals surface area contributed by atoms with Crippen molar-refractivity contribution in [1.82, 2.24) is 4.90 Å². The molecule has 5 nitrogen and oxygen atoms in total. The zero-order valence-electron chi connectivity index (χ0n) is 10.1. The number of carboxylic acids is 1. The molecule has 19 heavy (non-hydrogen) atoms. The van der Waals surface area contributed by atoms with E-state index in [-0.39, 0.29) is 12.4 Å². The van der Waals surface area contributed by atoms with Gasteiger partial charge in [0.05, 0.1) is 10.0 Å². The SMILES string of the molecule is CC(C(=O)O)N1Cc2c(ccc(Cl)c2Cl)NC1N.Cl. The predicted octanol–water partition coefficient (Wildman–Crippen LogP) is 2.36. The highest BCUT2D eigenvalue weighted by Gasteiger charge is 2.31. The van der Waals surface area contributed by atoms with Crippen molar-refractivity contribution in [1.29, 1.82) is 0 Å². The topological polar surface area (TPSA) is 78.6 Å². The molecule has 2 unspecified atom stereocenters. The number of hydrogen-bond acceptors (Lipinski definition) is 4. The molecule has 2 rings (SSSR count). The van der Waals surface area contributed by atoms with Gasteiger partial charge in [0.2, 0.25) is 0 Å². The van der Waals surface area contributed by atoms with Crippen molar-refractivity contribution in [3.05, 3.63) is 27.7 Å². The fraction of sp³-hybridized carbons (Fsp3) is 0.364. The van der Waals surface area contributed by atoms with Crippen molar-refractivity contribution in [2.24, 2.45) is 5.73 Å². The van der Waals surface area contributed by atoms with E-state index in [2.05, 4.69) is 5.32 Å². The maximum absolute atomic E-state index is 11.0. The van der Waals surface area contributed by atoms with Gasteiger partial charge >= 0.3 is 5.97 Å². The van der Waals surface area contributed by atoms with E-state index in [0.717, 1.165) is 11.3 Å². The second kappa shape index (κ2) is 6.15. The summed E-state index contributed by atoms with van der Waals surface area (Å²) in [6.07, 6.45) is -0.569. The Labute approximate surface area is 127 Å². The molecule has 1 aliphatic rings. The van der Waals surface area contributed by atoms with E-state index >= 15 is 0 Å². The van der Waals surface area contributed by atoms with E-state index in [9.17, 15) is 4.79 Å². The molecular weight excluding hydrogens is 312 g/mol. The summed E-state index contributed by atoms with van der Waals surface area (Å²) in [5.41, 5.74) is 7.44. The van der Waals surface area contributed by atoms with Crippen molar-refractivity contribution in [3.63, 3.8) is 0 Å². The Morgan fingerprint density at radius 2 is 2.21 bits per heavy atom. The van der Waals surface area contributed by atoms with Crippen molar-refractivity contribution in [2.45, 2.75) is 25.8 Å². The normalized spacial score (nSPS) is 19.9. The van der Waals surface area contributed by atoms with Gasteiger partial charge in [-0.3, -0.25) is 15.4 Å². The molecule has 0 amide bonds. The number of fused-ring (bicyclic) bond motifs is 1. The van der Waals surface area contributed by atoms with Crippen molar-refractivity contribution in [3.8, 4) is 0 Å². The number of aliphatic carboxylic acids is 1. The van der Waals surface area contributed by atoms with Crippen LogP contribution in [0.3, 0.4) is 0 Å². The number of anilines is 1. The third kappa shape index (κ3) is 3.07. The maximum atomic E-state index is 11.0. The Balaban J connectivity index is 0.00000180. The first-order valence-electron chi connectivity index (χ1n) is 5.39. The molecule has 0 fully saturated rings. The standard InChI is InChI=1S/C11H13Cl2N3O2.ClH/c1-5(10(17)18)16-4-6-8(15-11(16)14)3-2-7(12)9(6)13;/h2-3,5,11,15H,4,14H2,1H3,(H,17,18);1H. The fourth-order valence-corrected chi connectivity index (χ4v) is 2.33. The molecule has 0 saturated heterocycles. The number of nitrogens with one attached hydrogen (secondary N) is 1. The largest absolute Gasteiger partial charge is 0.480 e. The molecule has 1 aromatic rings. The number of halogens is 3. The molecule has 0 aliphatic carbocycles. The van der Waals surface area contributed by atoms with Crippen LogP contribution in [0.15, 0.2) is 12.1 Å².